The lowest BCUT2D eigenvalue weighted by atomic mass is 9.86. The Balaban J connectivity index is 2.14. The second-order valence-electron chi connectivity index (χ2n) is 5.53. The van der Waals surface area contributed by atoms with Crippen LogP contribution in [0.5, 0.6) is 0 Å². The van der Waals surface area contributed by atoms with Crippen LogP contribution in [0.2, 0.25) is 0 Å². The Hall–Kier alpha value is -1.35. The van der Waals surface area contributed by atoms with Crippen molar-refractivity contribution >= 4 is 17.0 Å². The fourth-order valence-corrected chi connectivity index (χ4v) is 2.66. The Morgan fingerprint density at radius 2 is 1.94 bits per heavy atom. The van der Waals surface area contributed by atoms with Gasteiger partial charge in [-0.2, -0.15) is 0 Å². The first-order chi connectivity index (χ1) is 8.47. The van der Waals surface area contributed by atoms with Crippen molar-refractivity contribution in [3.63, 3.8) is 0 Å². The van der Waals surface area contributed by atoms with Gasteiger partial charge >= 0.3 is 0 Å². The molecule has 3 heteroatoms. The van der Waals surface area contributed by atoms with Gasteiger partial charge in [-0.25, -0.2) is 4.98 Å². The molecule has 18 heavy (non-hydrogen) atoms. The monoisotopic (exact) mass is 260 g/mol. The largest absolute Gasteiger partial charge is 0.378 e. The maximum absolute atomic E-state index is 4.47. The second kappa shape index (κ2) is 5.11. The van der Waals surface area contributed by atoms with Gasteiger partial charge in [0.15, 0.2) is 0 Å². The van der Waals surface area contributed by atoms with Gasteiger partial charge in [0.1, 0.15) is 5.01 Å². The SMILES string of the molecule is Cc1csc(CNc2ccccc2C(C)(C)C)n1. The Morgan fingerprint density at radius 1 is 1.22 bits per heavy atom. The van der Waals surface area contributed by atoms with Crippen molar-refractivity contribution < 1.29 is 0 Å². The van der Waals surface area contributed by atoms with Gasteiger partial charge < -0.3 is 5.32 Å². The molecule has 2 aromatic rings. The molecule has 96 valence electrons. The van der Waals surface area contributed by atoms with Gasteiger partial charge in [-0.15, -0.1) is 11.3 Å². The predicted octanol–water partition coefficient (Wildman–Crippen LogP) is 4.36. The fourth-order valence-electron chi connectivity index (χ4n) is 1.95. The van der Waals surface area contributed by atoms with Crippen LogP contribution >= 0.6 is 11.3 Å². The highest BCUT2D eigenvalue weighted by atomic mass is 32.1. The number of aryl methyl sites for hydroxylation is 1. The number of aromatic nitrogens is 1. The number of rotatable bonds is 3. The van der Waals surface area contributed by atoms with Gasteiger partial charge in [0.05, 0.1) is 6.54 Å². The summed E-state index contributed by atoms with van der Waals surface area (Å²) < 4.78 is 0. The van der Waals surface area contributed by atoms with Gasteiger partial charge in [-0.1, -0.05) is 39.0 Å². The number of thiazole rings is 1. The quantitative estimate of drug-likeness (QED) is 0.887. The third-order valence-corrected chi connectivity index (χ3v) is 3.80. The van der Waals surface area contributed by atoms with E-state index in [0.29, 0.717) is 0 Å². The fraction of sp³-hybridized carbons (Fsp3) is 0.400. The maximum atomic E-state index is 4.47. The van der Waals surface area contributed by atoms with E-state index in [4.69, 9.17) is 0 Å². The highest BCUT2D eigenvalue weighted by molar-refractivity contribution is 7.09. The average Bonchev–Trinajstić information content (AvgIpc) is 2.72. The van der Waals surface area contributed by atoms with Crippen molar-refractivity contribution in [1.82, 2.24) is 4.98 Å². The highest BCUT2D eigenvalue weighted by Gasteiger charge is 2.17. The van der Waals surface area contributed by atoms with Crippen LogP contribution in [0.4, 0.5) is 5.69 Å². The molecule has 0 saturated carbocycles. The number of nitrogens with zero attached hydrogens (tertiary/aromatic N) is 1. The Kier molecular flexibility index (Phi) is 3.71. The summed E-state index contributed by atoms with van der Waals surface area (Å²) >= 11 is 1.71. The van der Waals surface area contributed by atoms with Gasteiger partial charge in [0.25, 0.3) is 0 Å². The topological polar surface area (TPSA) is 24.9 Å². The molecule has 0 aliphatic heterocycles. The molecule has 0 aliphatic carbocycles. The zero-order valence-electron chi connectivity index (χ0n) is 11.4. The van der Waals surface area contributed by atoms with Crippen molar-refractivity contribution in [2.24, 2.45) is 0 Å². The zero-order chi connectivity index (χ0) is 13.2. The van der Waals surface area contributed by atoms with Gasteiger partial charge in [-0.05, 0) is 24.0 Å². The van der Waals surface area contributed by atoms with Crippen LogP contribution in [-0.4, -0.2) is 4.98 Å². The normalized spacial score (nSPS) is 11.6. The van der Waals surface area contributed by atoms with E-state index in [0.717, 1.165) is 17.2 Å². The second-order valence-corrected chi connectivity index (χ2v) is 6.47. The molecular weight excluding hydrogens is 240 g/mol. The minimum absolute atomic E-state index is 0.155. The third-order valence-electron chi connectivity index (χ3n) is 2.83. The summed E-state index contributed by atoms with van der Waals surface area (Å²) in [5.74, 6) is 0. The summed E-state index contributed by atoms with van der Waals surface area (Å²) in [4.78, 5) is 4.47. The number of benzene rings is 1. The lowest BCUT2D eigenvalue weighted by Crippen LogP contribution is -2.14. The van der Waals surface area contributed by atoms with Gasteiger partial charge in [-0.3, -0.25) is 0 Å². The molecule has 2 nitrogen and oxygen atoms in total. The van der Waals surface area contributed by atoms with E-state index < -0.39 is 0 Å². The predicted molar refractivity (Wildman–Crippen MR) is 79.3 cm³/mol. The molecule has 0 amide bonds. The lowest BCUT2D eigenvalue weighted by Gasteiger charge is -2.23. The van der Waals surface area contributed by atoms with E-state index in [9.17, 15) is 0 Å². The van der Waals surface area contributed by atoms with Crippen molar-refractivity contribution in [1.29, 1.82) is 0 Å². The third kappa shape index (κ3) is 3.10. The van der Waals surface area contributed by atoms with E-state index in [2.05, 4.69) is 60.7 Å². The van der Waals surface area contributed by atoms with E-state index in [1.807, 2.05) is 6.92 Å². The van der Waals surface area contributed by atoms with Crippen molar-refractivity contribution in [3.8, 4) is 0 Å². The molecule has 0 saturated heterocycles. The summed E-state index contributed by atoms with van der Waals surface area (Å²) in [6.45, 7) is 9.54. The first-order valence-electron chi connectivity index (χ1n) is 6.21. The van der Waals surface area contributed by atoms with E-state index in [1.54, 1.807) is 11.3 Å². The van der Waals surface area contributed by atoms with Crippen LogP contribution in [0, 0.1) is 6.92 Å². The first-order valence-corrected chi connectivity index (χ1v) is 7.09. The van der Waals surface area contributed by atoms with E-state index >= 15 is 0 Å². The molecule has 2 rings (SSSR count). The highest BCUT2D eigenvalue weighted by Crippen LogP contribution is 2.29. The Morgan fingerprint density at radius 3 is 2.56 bits per heavy atom. The molecule has 1 N–H and O–H groups in total. The van der Waals surface area contributed by atoms with Crippen LogP contribution in [0.25, 0.3) is 0 Å². The van der Waals surface area contributed by atoms with Crippen LogP contribution in [-0.2, 0) is 12.0 Å². The average molecular weight is 260 g/mol. The summed E-state index contributed by atoms with van der Waals surface area (Å²) in [6, 6.07) is 8.50. The molecule has 0 atom stereocenters. The summed E-state index contributed by atoms with van der Waals surface area (Å²) in [5.41, 5.74) is 3.81. The number of hydrogen-bond donors (Lipinski definition) is 1. The van der Waals surface area contributed by atoms with Crippen molar-refractivity contribution in [2.75, 3.05) is 5.32 Å². The number of para-hydroxylation sites is 1. The van der Waals surface area contributed by atoms with Gasteiger partial charge in [0.2, 0.25) is 0 Å². The minimum atomic E-state index is 0.155. The molecule has 0 fully saturated rings. The number of nitrogens with one attached hydrogen (secondary N) is 1. The molecule has 0 unspecified atom stereocenters. The van der Waals surface area contributed by atoms with Crippen LogP contribution in [0.3, 0.4) is 0 Å². The molecule has 0 radical (unpaired) electrons. The molecule has 0 bridgehead atoms. The van der Waals surface area contributed by atoms with Gasteiger partial charge in [0, 0.05) is 16.8 Å². The molecule has 1 aromatic carbocycles. The number of hydrogen-bond acceptors (Lipinski definition) is 3. The summed E-state index contributed by atoms with van der Waals surface area (Å²) in [6.07, 6.45) is 0. The minimum Gasteiger partial charge on any atom is -0.378 e. The van der Waals surface area contributed by atoms with E-state index in [1.165, 1.54) is 11.3 Å². The van der Waals surface area contributed by atoms with Crippen molar-refractivity contribution in [2.45, 2.75) is 39.7 Å². The smallest absolute Gasteiger partial charge is 0.112 e. The molecular formula is C15H20N2S. The van der Waals surface area contributed by atoms with Crippen molar-refractivity contribution in [3.05, 3.63) is 45.9 Å². The number of anilines is 1. The van der Waals surface area contributed by atoms with E-state index in [-0.39, 0.29) is 5.41 Å². The lowest BCUT2D eigenvalue weighted by molar-refractivity contribution is 0.591. The zero-order valence-corrected chi connectivity index (χ0v) is 12.3. The first kappa shape index (κ1) is 13.1. The summed E-state index contributed by atoms with van der Waals surface area (Å²) in [5, 5.41) is 6.72. The standard InChI is InChI=1S/C15H20N2S/c1-11-10-18-14(17-11)9-16-13-8-6-5-7-12(13)15(2,3)4/h5-8,10,16H,9H2,1-4H3. The van der Waals surface area contributed by atoms with Crippen LogP contribution < -0.4 is 5.32 Å². The Bertz CT molecular complexity index is 523. The van der Waals surface area contributed by atoms with Crippen LogP contribution in [0.15, 0.2) is 29.6 Å². The Labute approximate surface area is 113 Å². The molecule has 0 aliphatic rings. The molecule has 1 aromatic heterocycles. The van der Waals surface area contributed by atoms with Crippen LogP contribution in [0.1, 0.15) is 37.0 Å². The molecule has 0 spiro atoms. The molecule has 1 heterocycles. The maximum Gasteiger partial charge on any atom is 0.112 e. The summed E-state index contributed by atoms with van der Waals surface area (Å²) in [7, 11) is 0.